The molecule has 0 aromatic rings. The first kappa shape index (κ1) is 17.5. The number of hydrogen-bond acceptors (Lipinski definition) is 4. The molecule has 3 rings (SSSR count). The number of guanidine groups is 1. The van der Waals surface area contributed by atoms with Gasteiger partial charge in [-0.1, -0.05) is 20.8 Å². The second-order valence-electron chi connectivity index (χ2n) is 8.00. The number of carbonyl (C=O) groups excluding carboxylic acids is 1. The lowest BCUT2D eigenvalue weighted by molar-refractivity contribution is -0.146. The number of nitrogens with one attached hydrogen (secondary N) is 1. The van der Waals surface area contributed by atoms with Gasteiger partial charge in [-0.15, -0.1) is 0 Å². The van der Waals surface area contributed by atoms with Crippen LogP contribution in [0.2, 0.25) is 0 Å². The quantitative estimate of drug-likeness (QED) is 0.480. The van der Waals surface area contributed by atoms with Crippen molar-refractivity contribution in [2.45, 2.75) is 46.3 Å². The molecule has 0 spiro atoms. The molecule has 0 aromatic heterocycles. The van der Waals surface area contributed by atoms with Gasteiger partial charge in [-0.05, 0) is 19.3 Å². The molecule has 2 heterocycles. The molecule has 1 aliphatic carbocycles. The van der Waals surface area contributed by atoms with E-state index in [0.717, 1.165) is 32.1 Å². The number of esters is 1. The summed E-state index contributed by atoms with van der Waals surface area (Å²) >= 11 is 0. The Bertz CT molecular complexity index is 520. The minimum absolute atomic E-state index is 0.0733. The smallest absolute Gasteiger partial charge is 0.310 e. The second-order valence-corrected chi connectivity index (χ2v) is 8.00. The van der Waals surface area contributed by atoms with E-state index in [2.05, 4.69) is 31.0 Å². The molecular formula is C18H31N3O3. The number of likely N-dealkylation sites (tertiary alicyclic amines) is 1. The third-order valence-electron chi connectivity index (χ3n) is 6.11. The fourth-order valence-corrected chi connectivity index (χ4v) is 4.74. The largest absolute Gasteiger partial charge is 0.469 e. The van der Waals surface area contributed by atoms with Crippen LogP contribution in [0.3, 0.4) is 0 Å². The Kier molecular flexibility index (Phi) is 4.78. The second kappa shape index (κ2) is 6.54. The maximum Gasteiger partial charge on any atom is 0.310 e. The number of nitrogens with zero attached hydrogens (tertiary/aromatic N) is 2. The Morgan fingerprint density at radius 3 is 2.83 bits per heavy atom. The van der Waals surface area contributed by atoms with Gasteiger partial charge in [0.25, 0.3) is 0 Å². The third kappa shape index (κ3) is 2.79. The molecule has 3 aliphatic rings. The van der Waals surface area contributed by atoms with Crippen LogP contribution in [0.4, 0.5) is 0 Å². The van der Waals surface area contributed by atoms with Crippen molar-refractivity contribution in [2.75, 3.05) is 33.4 Å². The Balaban J connectivity index is 1.70. The summed E-state index contributed by atoms with van der Waals surface area (Å²) in [4.78, 5) is 18.9. The molecule has 0 bridgehead atoms. The van der Waals surface area contributed by atoms with E-state index < -0.39 is 0 Å². The number of aliphatic imine (C=N–C) groups is 1. The molecule has 5 atom stereocenters. The summed E-state index contributed by atoms with van der Waals surface area (Å²) in [6.45, 7) is 11.8. The average Bonchev–Trinajstić information content (AvgIpc) is 3.16. The van der Waals surface area contributed by atoms with Crippen molar-refractivity contribution < 1.29 is 14.3 Å². The number of ether oxygens (including phenoxy) is 2. The van der Waals surface area contributed by atoms with Crippen molar-refractivity contribution in [3.8, 4) is 0 Å². The first-order valence-corrected chi connectivity index (χ1v) is 9.15. The zero-order chi connectivity index (χ0) is 17.5. The SMILES string of the molecule is CCN=C(NC1C2CCOC2C1(C)C)N1CC(C)C(C(=O)OC)C1. The summed E-state index contributed by atoms with van der Waals surface area (Å²) in [5, 5.41) is 3.70. The zero-order valence-corrected chi connectivity index (χ0v) is 15.5. The van der Waals surface area contributed by atoms with Crippen LogP contribution in [0.25, 0.3) is 0 Å². The number of fused-ring (bicyclic) bond motifs is 1. The molecule has 24 heavy (non-hydrogen) atoms. The topological polar surface area (TPSA) is 63.2 Å². The Labute approximate surface area is 145 Å². The summed E-state index contributed by atoms with van der Waals surface area (Å²) < 4.78 is 10.8. The summed E-state index contributed by atoms with van der Waals surface area (Å²) in [6, 6.07) is 0.378. The maximum atomic E-state index is 12.0. The van der Waals surface area contributed by atoms with Crippen molar-refractivity contribution in [1.82, 2.24) is 10.2 Å². The highest BCUT2D eigenvalue weighted by atomic mass is 16.5. The van der Waals surface area contributed by atoms with Gasteiger partial charge in [-0.3, -0.25) is 9.79 Å². The van der Waals surface area contributed by atoms with Crippen LogP contribution in [0.1, 0.15) is 34.1 Å². The third-order valence-corrected chi connectivity index (χ3v) is 6.11. The van der Waals surface area contributed by atoms with Gasteiger partial charge in [0.15, 0.2) is 5.96 Å². The minimum atomic E-state index is -0.117. The van der Waals surface area contributed by atoms with Crippen molar-refractivity contribution >= 4 is 11.9 Å². The molecule has 1 saturated carbocycles. The lowest BCUT2D eigenvalue weighted by Gasteiger charge is -2.55. The van der Waals surface area contributed by atoms with Gasteiger partial charge in [0, 0.05) is 43.6 Å². The van der Waals surface area contributed by atoms with E-state index in [-0.39, 0.29) is 23.2 Å². The molecule has 136 valence electrons. The molecule has 5 unspecified atom stereocenters. The monoisotopic (exact) mass is 337 g/mol. The molecule has 6 heteroatoms. The minimum Gasteiger partial charge on any atom is -0.469 e. The Morgan fingerprint density at radius 2 is 2.17 bits per heavy atom. The van der Waals surface area contributed by atoms with Crippen molar-refractivity contribution in [2.24, 2.45) is 28.2 Å². The van der Waals surface area contributed by atoms with E-state index in [0.29, 0.717) is 24.6 Å². The Morgan fingerprint density at radius 1 is 1.42 bits per heavy atom. The normalized spacial score (nSPS) is 37.8. The van der Waals surface area contributed by atoms with E-state index >= 15 is 0 Å². The molecular weight excluding hydrogens is 306 g/mol. The van der Waals surface area contributed by atoms with Crippen LogP contribution in [0.15, 0.2) is 4.99 Å². The van der Waals surface area contributed by atoms with Gasteiger partial charge in [0.2, 0.25) is 0 Å². The highest BCUT2D eigenvalue weighted by Crippen LogP contribution is 2.52. The number of hydrogen-bond donors (Lipinski definition) is 1. The van der Waals surface area contributed by atoms with Crippen LogP contribution < -0.4 is 5.32 Å². The first-order chi connectivity index (χ1) is 11.4. The molecule has 0 amide bonds. The van der Waals surface area contributed by atoms with Gasteiger partial charge in [-0.25, -0.2) is 0 Å². The van der Waals surface area contributed by atoms with Crippen LogP contribution in [0, 0.1) is 23.2 Å². The van der Waals surface area contributed by atoms with E-state index in [1.54, 1.807) is 0 Å². The standard InChI is InChI=1S/C18H31N3O3/c1-6-19-17(21-9-11(2)13(10-21)16(22)23-5)20-14-12-7-8-24-15(12)18(14,3)4/h11-15H,6-10H2,1-5H3,(H,19,20). The average molecular weight is 337 g/mol. The van der Waals surface area contributed by atoms with Crippen molar-refractivity contribution in [1.29, 1.82) is 0 Å². The predicted molar refractivity (Wildman–Crippen MR) is 92.8 cm³/mol. The van der Waals surface area contributed by atoms with Crippen LogP contribution >= 0.6 is 0 Å². The highest BCUT2D eigenvalue weighted by molar-refractivity contribution is 5.82. The molecule has 2 aliphatic heterocycles. The highest BCUT2D eigenvalue weighted by Gasteiger charge is 2.59. The summed E-state index contributed by atoms with van der Waals surface area (Å²) in [7, 11) is 1.47. The van der Waals surface area contributed by atoms with Gasteiger partial charge >= 0.3 is 5.97 Å². The summed E-state index contributed by atoms with van der Waals surface area (Å²) in [5.74, 6) is 1.58. The lowest BCUT2D eigenvalue weighted by atomic mass is 9.57. The Hall–Kier alpha value is -1.30. The first-order valence-electron chi connectivity index (χ1n) is 9.15. The van der Waals surface area contributed by atoms with Crippen molar-refractivity contribution in [3.05, 3.63) is 0 Å². The van der Waals surface area contributed by atoms with Crippen LogP contribution in [0.5, 0.6) is 0 Å². The lowest BCUT2D eigenvalue weighted by Crippen LogP contribution is -2.68. The van der Waals surface area contributed by atoms with Crippen LogP contribution in [-0.2, 0) is 14.3 Å². The fraction of sp³-hybridized carbons (Fsp3) is 0.889. The van der Waals surface area contributed by atoms with Gasteiger partial charge in [0.1, 0.15) is 0 Å². The fourth-order valence-electron chi connectivity index (χ4n) is 4.74. The molecule has 0 radical (unpaired) electrons. The number of rotatable bonds is 3. The zero-order valence-electron chi connectivity index (χ0n) is 15.5. The molecule has 1 N–H and O–H groups in total. The van der Waals surface area contributed by atoms with E-state index in [9.17, 15) is 4.79 Å². The molecule has 6 nitrogen and oxygen atoms in total. The summed E-state index contributed by atoms with van der Waals surface area (Å²) in [6.07, 6.45) is 1.48. The molecule has 0 aromatic carbocycles. The van der Waals surface area contributed by atoms with Crippen LogP contribution in [-0.4, -0.2) is 62.3 Å². The van der Waals surface area contributed by atoms with E-state index in [4.69, 9.17) is 14.5 Å². The predicted octanol–water partition coefficient (Wildman–Crippen LogP) is 1.51. The molecule has 3 fully saturated rings. The van der Waals surface area contributed by atoms with Gasteiger partial charge in [0.05, 0.1) is 19.1 Å². The van der Waals surface area contributed by atoms with E-state index in [1.807, 2.05) is 6.92 Å². The maximum absolute atomic E-state index is 12.0. The molecule has 2 saturated heterocycles. The van der Waals surface area contributed by atoms with Gasteiger partial charge in [-0.2, -0.15) is 0 Å². The summed E-state index contributed by atoms with van der Waals surface area (Å²) in [5.41, 5.74) is 0.114. The van der Waals surface area contributed by atoms with Gasteiger partial charge < -0.3 is 19.7 Å². The number of methoxy groups -OCH3 is 1. The number of carbonyl (C=O) groups is 1. The van der Waals surface area contributed by atoms with Crippen molar-refractivity contribution in [3.63, 3.8) is 0 Å². The van der Waals surface area contributed by atoms with E-state index in [1.165, 1.54) is 7.11 Å².